The third-order valence-electron chi connectivity index (χ3n) is 10.5. The van der Waals surface area contributed by atoms with Crippen LogP contribution in [0, 0.1) is 29.6 Å². The molecule has 0 atom stereocenters. The van der Waals surface area contributed by atoms with Crippen molar-refractivity contribution >= 4 is 38.4 Å². The van der Waals surface area contributed by atoms with E-state index < -0.39 is 0 Å². The molecule has 236 valence electrons. The second kappa shape index (κ2) is 11.9. The first kappa shape index (κ1) is 30.1. The topological polar surface area (TPSA) is 47.6 Å². The SMILES string of the molecule is C=C/C=C\c1c(-c2ccc(C#N)cc2)cc2c(ccc3c(-c4ccc(C#N)cc4)c4c(cc32)-c2ccc(-c3ccccc3)c3cccc-4c23)c1C. The lowest BCUT2D eigenvalue weighted by Crippen LogP contribution is -1.94. The third-order valence-corrected chi connectivity index (χ3v) is 10.5. The Kier molecular flexibility index (Phi) is 6.99. The van der Waals surface area contributed by atoms with Crippen LogP contribution in [-0.2, 0) is 0 Å². The molecule has 0 spiro atoms. The number of allylic oxidation sites excluding steroid dienone is 2. The molecule has 8 aromatic rings. The zero-order valence-electron chi connectivity index (χ0n) is 28.0. The third kappa shape index (κ3) is 4.63. The monoisotopic (exact) mass is 646 g/mol. The first-order valence-electron chi connectivity index (χ1n) is 17.1. The van der Waals surface area contributed by atoms with Crippen LogP contribution < -0.4 is 0 Å². The van der Waals surface area contributed by atoms with E-state index in [-0.39, 0.29) is 0 Å². The molecule has 0 N–H and O–H groups in total. The van der Waals surface area contributed by atoms with Crippen molar-refractivity contribution in [3.63, 3.8) is 0 Å². The van der Waals surface area contributed by atoms with Gasteiger partial charge in [-0.3, -0.25) is 0 Å². The quantitative estimate of drug-likeness (QED) is 0.138. The van der Waals surface area contributed by atoms with E-state index in [0.29, 0.717) is 11.1 Å². The molecule has 0 saturated carbocycles. The second-order valence-electron chi connectivity index (χ2n) is 13.1. The van der Waals surface area contributed by atoms with Gasteiger partial charge in [-0.2, -0.15) is 10.5 Å². The normalized spacial score (nSPS) is 11.6. The van der Waals surface area contributed by atoms with Gasteiger partial charge in [0.25, 0.3) is 0 Å². The molecule has 8 aromatic carbocycles. The number of nitrogens with zero attached hydrogens (tertiary/aromatic N) is 2. The summed E-state index contributed by atoms with van der Waals surface area (Å²) in [5.74, 6) is 0. The summed E-state index contributed by atoms with van der Waals surface area (Å²) < 4.78 is 0. The fourth-order valence-corrected chi connectivity index (χ4v) is 8.10. The van der Waals surface area contributed by atoms with Crippen LogP contribution in [-0.4, -0.2) is 0 Å². The van der Waals surface area contributed by atoms with E-state index in [2.05, 4.69) is 129 Å². The number of hydrogen-bond acceptors (Lipinski definition) is 2. The van der Waals surface area contributed by atoms with Gasteiger partial charge >= 0.3 is 0 Å². The van der Waals surface area contributed by atoms with Crippen LogP contribution in [0.25, 0.3) is 94.0 Å². The average molecular weight is 647 g/mol. The number of benzene rings is 8. The Balaban J connectivity index is 1.41. The smallest absolute Gasteiger partial charge is 0.0991 e. The van der Waals surface area contributed by atoms with Crippen LogP contribution in [0.2, 0.25) is 0 Å². The Morgan fingerprint density at radius 2 is 1.12 bits per heavy atom. The summed E-state index contributed by atoms with van der Waals surface area (Å²) in [5.41, 5.74) is 15.3. The highest BCUT2D eigenvalue weighted by atomic mass is 14.3. The molecule has 0 fully saturated rings. The molecule has 51 heavy (non-hydrogen) atoms. The van der Waals surface area contributed by atoms with E-state index in [4.69, 9.17) is 0 Å². The summed E-state index contributed by atoms with van der Waals surface area (Å²) >= 11 is 0. The van der Waals surface area contributed by atoms with Crippen LogP contribution in [0.5, 0.6) is 0 Å². The minimum absolute atomic E-state index is 0.636. The van der Waals surface area contributed by atoms with Crippen molar-refractivity contribution in [1.29, 1.82) is 10.5 Å². The fraction of sp³-hybridized carbons (Fsp3) is 0.0204. The fourth-order valence-electron chi connectivity index (χ4n) is 8.10. The van der Waals surface area contributed by atoms with Crippen molar-refractivity contribution in [2.45, 2.75) is 6.92 Å². The van der Waals surface area contributed by atoms with Crippen molar-refractivity contribution in [2.75, 3.05) is 0 Å². The summed E-state index contributed by atoms with van der Waals surface area (Å²) in [4.78, 5) is 0. The lowest BCUT2D eigenvalue weighted by atomic mass is 9.84. The highest BCUT2D eigenvalue weighted by Crippen LogP contribution is 2.55. The zero-order valence-corrected chi connectivity index (χ0v) is 28.0. The maximum atomic E-state index is 9.66. The lowest BCUT2D eigenvalue weighted by molar-refractivity contribution is 1.47. The maximum Gasteiger partial charge on any atom is 0.0991 e. The van der Waals surface area contributed by atoms with Gasteiger partial charge in [0.1, 0.15) is 0 Å². The summed E-state index contributed by atoms with van der Waals surface area (Å²) in [6.45, 7) is 6.13. The van der Waals surface area contributed by atoms with Crippen molar-refractivity contribution in [2.24, 2.45) is 0 Å². The molecule has 2 nitrogen and oxygen atoms in total. The molecule has 0 bridgehead atoms. The summed E-state index contributed by atoms with van der Waals surface area (Å²) in [6.07, 6.45) is 5.92. The molecule has 0 aliphatic heterocycles. The van der Waals surface area contributed by atoms with E-state index in [1.165, 1.54) is 76.8 Å². The number of nitriles is 2. The molecular formula is C49H30N2. The molecule has 0 amide bonds. The molecular weight excluding hydrogens is 617 g/mol. The van der Waals surface area contributed by atoms with E-state index in [1.54, 1.807) is 6.08 Å². The van der Waals surface area contributed by atoms with Gasteiger partial charge in [0.05, 0.1) is 23.3 Å². The van der Waals surface area contributed by atoms with Gasteiger partial charge in [-0.15, -0.1) is 0 Å². The zero-order chi connectivity index (χ0) is 34.6. The maximum absolute atomic E-state index is 9.66. The number of rotatable bonds is 5. The first-order valence-corrected chi connectivity index (χ1v) is 17.1. The Labute approximate surface area is 297 Å². The van der Waals surface area contributed by atoms with Crippen molar-refractivity contribution < 1.29 is 0 Å². The predicted molar refractivity (Wildman–Crippen MR) is 213 cm³/mol. The summed E-state index contributed by atoms with van der Waals surface area (Å²) in [7, 11) is 0. The van der Waals surface area contributed by atoms with Crippen molar-refractivity contribution in [1.82, 2.24) is 0 Å². The highest BCUT2D eigenvalue weighted by molar-refractivity contribution is 6.27. The second-order valence-corrected chi connectivity index (χ2v) is 13.1. The Bertz CT molecular complexity index is 2860. The van der Waals surface area contributed by atoms with Crippen LogP contribution in [0.3, 0.4) is 0 Å². The van der Waals surface area contributed by atoms with Gasteiger partial charge in [-0.25, -0.2) is 0 Å². The average Bonchev–Trinajstić information content (AvgIpc) is 3.51. The number of hydrogen-bond donors (Lipinski definition) is 0. The van der Waals surface area contributed by atoms with Crippen LogP contribution >= 0.6 is 0 Å². The Hall–Kier alpha value is -7.00. The minimum atomic E-state index is 0.636. The lowest BCUT2D eigenvalue weighted by Gasteiger charge is -2.19. The summed E-state index contributed by atoms with van der Waals surface area (Å²) in [5, 5.41) is 26.4. The largest absolute Gasteiger partial charge is 0.192 e. The number of aryl methyl sites for hydroxylation is 1. The Morgan fingerprint density at radius 3 is 1.82 bits per heavy atom. The van der Waals surface area contributed by atoms with Gasteiger partial charge in [-0.1, -0.05) is 122 Å². The van der Waals surface area contributed by atoms with Crippen LogP contribution in [0.4, 0.5) is 0 Å². The molecule has 0 unspecified atom stereocenters. The van der Waals surface area contributed by atoms with Gasteiger partial charge in [-0.05, 0) is 142 Å². The predicted octanol–water partition coefficient (Wildman–Crippen LogP) is 13.0. The van der Waals surface area contributed by atoms with Crippen LogP contribution in [0.15, 0.2) is 152 Å². The van der Waals surface area contributed by atoms with E-state index >= 15 is 0 Å². The van der Waals surface area contributed by atoms with Crippen molar-refractivity contribution in [3.05, 3.63) is 174 Å². The molecule has 0 saturated heterocycles. The van der Waals surface area contributed by atoms with Gasteiger partial charge in [0.2, 0.25) is 0 Å². The molecule has 1 aliphatic rings. The number of fused-ring (bicyclic) bond motifs is 6. The first-order chi connectivity index (χ1) is 25.1. The molecule has 0 heterocycles. The van der Waals surface area contributed by atoms with E-state index in [0.717, 1.165) is 22.3 Å². The van der Waals surface area contributed by atoms with E-state index in [9.17, 15) is 10.5 Å². The van der Waals surface area contributed by atoms with Crippen molar-refractivity contribution in [3.8, 4) is 67.8 Å². The standard InChI is InChI=1S/C49H30N2/c1-3-4-11-36-30(2)37-22-24-40-45(44(37)26-43(36)34-18-14-31(28-50)15-19-34)27-46-41-25-23-38(33-9-6-5-7-10-33)39-12-8-13-42(48(39)41)49(46)47(40)35-20-16-32(29-51)17-21-35/h3-27H,1H2,2H3/b11-4-. The molecule has 0 aromatic heterocycles. The summed E-state index contributed by atoms with van der Waals surface area (Å²) in [6, 6.07) is 51.6. The van der Waals surface area contributed by atoms with E-state index in [1.807, 2.05) is 42.5 Å². The molecule has 0 radical (unpaired) electrons. The molecule has 2 heteroatoms. The Morgan fingerprint density at radius 1 is 0.490 bits per heavy atom. The van der Waals surface area contributed by atoms with Gasteiger partial charge in [0.15, 0.2) is 0 Å². The van der Waals surface area contributed by atoms with Gasteiger partial charge in [0, 0.05) is 0 Å². The molecule has 9 rings (SSSR count). The molecule has 1 aliphatic carbocycles. The van der Waals surface area contributed by atoms with Crippen LogP contribution in [0.1, 0.15) is 22.3 Å². The van der Waals surface area contributed by atoms with Gasteiger partial charge < -0.3 is 0 Å². The minimum Gasteiger partial charge on any atom is -0.192 e. The highest BCUT2D eigenvalue weighted by Gasteiger charge is 2.28.